The first kappa shape index (κ1) is 23.5. The molecular weight excluding hydrogens is 467 g/mol. The van der Waals surface area contributed by atoms with Gasteiger partial charge in [0, 0.05) is 37.3 Å². The first-order chi connectivity index (χ1) is 16.1. The number of aromatic nitrogens is 2. The topological polar surface area (TPSA) is 123 Å². The van der Waals surface area contributed by atoms with Gasteiger partial charge < -0.3 is 9.32 Å². The number of nitrogens with zero attached hydrogens (tertiary/aromatic N) is 4. The van der Waals surface area contributed by atoms with Gasteiger partial charge in [-0.15, -0.1) is 5.10 Å². The van der Waals surface area contributed by atoms with E-state index in [0.29, 0.717) is 11.1 Å². The van der Waals surface area contributed by atoms with Gasteiger partial charge in [-0.1, -0.05) is 12.1 Å². The van der Waals surface area contributed by atoms with Crippen molar-refractivity contribution >= 4 is 21.7 Å². The zero-order valence-corrected chi connectivity index (χ0v) is 19.0. The number of hydrogen-bond donors (Lipinski definition) is 0. The molecule has 0 bridgehead atoms. The van der Waals surface area contributed by atoms with Crippen molar-refractivity contribution in [1.29, 1.82) is 0 Å². The van der Waals surface area contributed by atoms with Gasteiger partial charge >= 0.3 is 5.76 Å². The summed E-state index contributed by atoms with van der Waals surface area (Å²) in [6.07, 6.45) is 0. The molecule has 3 aromatic rings. The fraction of sp³-hybridized carbons (Fsp3) is 0.273. The summed E-state index contributed by atoms with van der Waals surface area (Å²) in [6.45, 7) is 1.47. The molecule has 0 N–H and O–H groups in total. The number of sulfonamides is 1. The van der Waals surface area contributed by atoms with Gasteiger partial charge in [0.05, 0.1) is 4.90 Å². The number of carbonyl (C=O) groups excluding carboxylic acids is 2. The maximum atomic E-state index is 13.1. The second kappa shape index (κ2) is 9.31. The van der Waals surface area contributed by atoms with E-state index >= 15 is 0 Å². The first-order valence-corrected chi connectivity index (χ1v) is 11.8. The minimum Gasteiger partial charge on any atom is -0.388 e. The number of piperazine rings is 1. The summed E-state index contributed by atoms with van der Waals surface area (Å²) >= 11 is 0. The minimum atomic E-state index is -3.77. The number of rotatable bonds is 6. The van der Waals surface area contributed by atoms with Crippen molar-refractivity contribution < 1.29 is 26.8 Å². The zero-order valence-electron chi connectivity index (χ0n) is 18.2. The lowest BCUT2D eigenvalue weighted by molar-refractivity contribution is -0.133. The third-order valence-electron chi connectivity index (χ3n) is 5.47. The maximum absolute atomic E-state index is 13.1. The Morgan fingerprint density at radius 3 is 2.21 bits per heavy atom. The number of halogens is 1. The average molecular weight is 488 g/mol. The molecule has 10 nitrogen and oxygen atoms in total. The van der Waals surface area contributed by atoms with Crippen LogP contribution in [0.15, 0.2) is 62.6 Å². The van der Waals surface area contributed by atoms with Crippen molar-refractivity contribution in [3.05, 3.63) is 70.5 Å². The molecule has 0 saturated carbocycles. The van der Waals surface area contributed by atoms with Crippen LogP contribution in [-0.4, -0.2) is 65.3 Å². The van der Waals surface area contributed by atoms with Crippen LogP contribution in [0, 0.1) is 5.82 Å². The molecule has 1 fully saturated rings. The van der Waals surface area contributed by atoms with E-state index in [1.165, 1.54) is 64.7 Å². The third kappa shape index (κ3) is 4.82. The van der Waals surface area contributed by atoms with Crippen molar-refractivity contribution in [1.82, 2.24) is 19.0 Å². The first-order valence-electron chi connectivity index (χ1n) is 10.4. The largest absolute Gasteiger partial charge is 0.437 e. The lowest BCUT2D eigenvalue weighted by Crippen LogP contribution is -2.51. The van der Waals surface area contributed by atoms with Crippen LogP contribution < -0.4 is 5.76 Å². The van der Waals surface area contributed by atoms with E-state index < -0.39 is 27.5 Å². The van der Waals surface area contributed by atoms with Crippen LogP contribution in [0.25, 0.3) is 11.5 Å². The Morgan fingerprint density at radius 2 is 1.62 bits per heavy atom. The molecule has 1 aromatic heterocycles. The van der Waals surface area contributed by atoms with Crippen LogP contribution in [0.4, 0.5) is 4.39 Å². The summed E-state index contributed by atoms with van der Waals surface area (Å²) in [5.41, 5.74) is 0.805. The highest BCUT2D eigenvalue weighted by Crippen LogP contribution is 2.19. The molecule has 2 aromatic carbocycles. The molecule has 12 heteroatoms. The van der Waals surface area contributed by atoms with E-state index in [2.05, 4.69) is 5.10 Å². The highest BCUT2D eigenvalue weighted by atomic mass is 32.2. The summed E-state index contributed by atoms with van der Waals surface area (Å²) < 4.78 is 46.1. The standard InChI is InChI=1S/C22H21FN4O6S/c1-15(28)16-4-8-19(9-5-16)34(31,32)26-12-10-25(11-13-26)20(29)14-27-22(30)33-21(24-27)17-2-6-18(23)7-3-17/h2-9H,10-14H2,1H3. The van der Waals surface area contributed by atoms with Crippen molar-refractivity contribution in [3.63, 3.8) is 0 Å². The van der Waals surface area contributed by atoms with Gasteiger partial charge in [-0.25, -0.2) is 17.6 Å². The Balaban J connectivity index is 1.39. The van der Waals surface area contributed by atoms with Crippen LogP contribution in [0.1, 0.15) is 17.3 Å². The van der Waals surface area contributed by atoms with E-state index in [4.69, 9.17) is 4.42 Å². The molecule has 1 aliphatic rings. The summed E-state index contributed by atoms with van der Waals surface area (Å²) in [7, 11) is -3.77. The molecule has 1 aliphatic heterocycles. The van der Waals surface area contributed by atoms with Crippen LogP contribution in [0.5, 0.6) is 0 Å². The Kier molecular flexibility index (Phi) is 6.44. The number of ketones is 1. The maximum Gasteiger partial charge on any atom is 0.437 e. The highest BCUT2D eigenvalue weighted by molar-refractivity contribution is 7.89. The van der Waals surface area contributed by atoms with Crippen molar-refractivity contribution in [2.24, 2.45) is 0 Å². The fourth-order valence-corrected chi connectivity index (χ4v) is 4.95. The number of hydrogen-bond acceptors (Lipinski definition) is 7. The van der Waals surface area contributed by atoms with Gasteiger partial charge in [0.15, 0.2) is 5.78 Å². The van der Waals surface area contributed by atoms with Crippen molar-refractivity contribution in [2.75, 3.05) is 26.2 Å². The van der Waals surface area contributed by atoms with Gasteiger partial charge in [-0.05, 0) is 43.3 Å². The minimum absolute atomic E-state index is 0.0375. The molecule has 4 rings (SSSR count). The van der Waals surface area contributed by atoms with Crippen LogP contribution in [0.3, 0.4) is 0 Å². The SMILES string of the molecule is CC(=O)c1ccc(S(=O)(=O)N2CCN(C(=O)Cn3nc(-c4ccc(F)cc4)oc3=O)CC2)cc1. The molecule has 0 spiro atoms. The summed E-state index contributed by atoms with van der Waals surface area (Å²) in [5.74, 6) is -1.89. The Morgan fingerprint density at radius 1 is 1.00 bits per heavy atom. The summed E-state index contributed by atoms with van der Waals surface area (Å²) in [6, 6.07) is 10.9. The third-order valence-corrected chi connectivity index (χ3v) is 7.39. The molecule has 1 amide bonds. The van der Waals surface area contributed by atoms with Crippen LogP contribution in [-0.2, 0) is 21.4 Å². The number of benzene rings is 2. The molecule has 178 valence electrons. The smallest absolute Gasteiger partial charge is 0.388 e. The normalized spacial score (nSPS) is 14.8. The molecule has 34 heavy (non-hydrogen) atoms. The second-order valence-corrected chi connectivity index (χ2v) is 9.64. The monoisotopic (exact) mass is 488 g/mol. The number of Topliss-reactive ketones (excluding diaryl/α,β-unsaturated/α-hetero) is 1. The van der Waals surface area contributed by atoms with Gasteiger partial charge in [0.1, 0.15) is 12.4 Å². The van der Waals surface area contributed by atoms with E-state index in [1.54, 1.807) is 0 Å². The van der Waals surface area contributed by atoms with E-state index in [1.807, 2.05) is 0 Å². The van der Waals surface area contributed by atoms with Gasteiger partial charge in [0.2, 0.25) is 21.8 Å². The summed E-state index contributed by atoms with van der Waals surface area (Å²) in [5, 5.41) is 4.00. The van der Waals surface area contributed by atoms with E-state index in [-0.39, 0.29) is 49.3 Å². The summed E-state index contributed by atoms with van der Waals surface area (Å²) in [4.78, 5) is 37.7. The fourth-order valence-electron chi connectivity index (χ4n) is 3.53. The Labute approximate surface area is 194 Å². The lowest BCUT2D eigenvalue weighted by Gasteiger charge is -2.33. The van der Waals surface area contributed by atoms with Gasteiger partial charge in [0.25, 0.3) is 0 Å². The molecule has 0 radical (unpaired) electrons. The average Bonchev–Trinajstić information content (AvgIpc) is 3.19. The molecule has 0 unspecified atom stereocenters. The molecule has 2 heterocycles. The zero-order chi connectivity index (χ0) is 24.5. The van der Waals surface area contributed by atoms with Gasteiger partial charge in [-0.3, -0.25) is 9.59 Å². The number of amides is 1. The predicted octanol–water partition coefficient (Wildman–Crippen LogP) is 1.38. The molecular formula is C22H21FN4O6S. The van der Waals surface area contributed by atoms with Crippen molar-refractivity contribution in [3.8, 4) is 11.5 Å². The van der Waals surface area contributed by atoms with E-state index in [9.17, 15) is 27.2 Å². The van der Waals surface area contributed by atoms with Gasteiger partial charge in [-0.2, -0.15) is 8.99 Å². The van der Waals surface area contributed by atoms with E-state index in [0.717, 1.165) is 4.68 Å². The predicted molar refractivity (Wildman–Crippen MR) is 118 cm³/mol. The lowest BCUT2D eigenvalue weighted by atomic mass is 10.2. The Bertz CT molecular complexity index is 1370. The van der Waals surface area contributed by atoms with Crippen molar-refractivity contribution in [2.45, 2.75) is 18.4 Å². The molecule has 0 atom stereocenters. The van der Waals surface area contributed by atoms with Crippen LogP contribution in [0.2, 0.25) is 0 Å². The Hall–Kier alpha value is -3.64. The number of carbonyl (C=O) groups is 2. The molecule has 0 aliphatic carbocycles. The van der Waals surface area contributed by atoms with Crippen LogP contribution >= 0.6 is 0 Å². The highest BCUT2D eigenvalue weighted by Gasteiger charge is 2.30. The quantitative estimate of drug-likeness (QED) is 0.480. The second-order valence-electron chi connectivity index (χ2n) is 7.70. The molecule has 1 saturated heterocycles.